The molecule has 3 aliphatic rings. The van der Waals surface area contributed by atoms with Gasteiger partial charge in [-0.15, -0.1) is 0 Å². The van der Waals surface area contributed by atoms with Gasteiger partial charge < -0.3 is 29.7 Å². The first-order valence-corrected chi connectivity index (χ1v) is 24.7. The largest absolute Gasteiger partial charge is 0.512 e. The van der Waals surface area contributed by atoms with E-state index in [2.05, 4.69) is 77.5 Å². The zero-order chi connectivity index (χ0) is 47.3. The summed E-state index contributed by atoms with van der Waals surface area (Å²) in [5.41, 5.74) is 9.71. The lowest BCUT2D eigenvalue weighted by Gasteiger charge is -2.19. The monoisotopic (exact) mass is 891 g/mol. The average molecular weight is 891 g/mol. The normalized spacial score (nSPS) is 20.9. The van der Waals surface area contributed by atoms with Crippen LogP contribution in [0, 0.1) is 31.6 Å². The molecule has 0 fully saturated rings. The number of hydrogen-bond acceptors (Lipinski definition) is 8. The van der Waals surface area contributed by atoms with Crippen molar-refractivity contribution in [3.05, 3.63) is 79.8 Å². The number of esters is 2. The summed E-state index contributed by atoms with van der Waals surface area (Å²) in [6.45, 7) is 23.8. The molecular weight excluding hydrogens is 813 g/mol. The molecule has 8 bridgehead atoms. The molecule has 7 unspecified atom stereocenters. The molecule has 0 saturated heterocycles. The molecule has 1 aliphatic carbocycles. The minimum Gasteiger partial charge on any atom is -0.512 e. The maximum Gasteiger partial charge on any atom is 0.321 e. The quantitative estimate of drug-likeness (QED) is 0.0686. The molecule has 2 aliphatic heterocycles. The Labute approximate surface area is 387 Å². The number of aliphatic hydroxyl groups is 2. The van der Waals surface area contributed by atoms with Gasteiger partial charge in [-0.25, -0.2) is 0 Å². The number of nitrogens with zero attached hydrogens (tertiary/aromatic N) is 2. The highest BCUT2D eigenvalue weighted by Crippen LogP contribution is 2.46. The van der Waals surface area contributed by atoms with Crippen molar-refractivity contribution in [3.8, 4) is 0 Å². The summed E-state index contributed by atoms with van der Waals surface area (Å²) in [5.74, 6) is 0.302. The average Bonchev–Trinajstić information content (AvgIpc) is 4.00. The van der Waals surface area contributed by atoms with E-state index in [-0.39, 0.29) is 54.2 Å². The van der Waals surface area contributed by atoms with Crippen molar-refractivity contribution in [2.45, 2.75) is 183 Å². The van der Waals surface area contributed by atoms with E-state index in [9.17, 15) is 19.8 Å². The Bertz CT molecular complexity index is 2540. The summed E-state index contributed by atoms with van der Waals surface area (Å²) in [7, 11) is 1.33. The lowest BCUT2D eigenvalue weighted by atomic mass is 9.84. The number of H-pyrrole nitrogens is 2. The lowest BCUT2D eigenvalue weighted by molar-refractivity contribution is -0.143. The molecular formula is C55H78N4O6. The van der Waals surface area contributed by atoms with Gasteiger partial charge in [-0.05, 0) is 107 Å². The van der Waals surface area contributed by atoms with Crippen LogP contribution >= 0.6 is 0 Å². The van der Waals surface area contributed by atoms with Crippen molar-refractivity contribution in [1.29, 1.82) is 0 Å². The highest BCUT2D eigenvalue weighted by molar-refractivity contribution is 5.96. The van der Waals surface area contributed by atoms with Crippen molar-refractivity contribution < 1.29 is 29.3 Å². The van der Waals surface area contributed by atoms with Gasteiger partial charge >= 0.3 is 11.9 Å². The van der Waals surface area contributed by atoms with E-state index in [4.69, 9.17) is 19.4 Å². The van der Waals surface area contributed by atoms with Crippen LogP contribution in [0.2, 0.25) is 0 Å². The number of carbonyl (C=O) groups is 2. The summed E-state index contributed by atoms with van der Waals surface area (Å²) in [6, 6.07) is 6.12. The van der Waals surface area contributed by atoms with Crippen LogP contribution < -0.4 is 10.4 Å². The van der Waals surface area contributed by atoms with Gasteiger partial charge in [-0.2, -0.15) is 0 Å². The molecule has 354 valence electrons. The first kappa shape index (κ1) is 49.6. The van der Waals surface area contributed by atoms with E-state index in [1.807, 2.05) is 26.0 Å². The van der Waals surface area contributed by atoms with Gasteiger partial charge in [0.1, 0.15) is 18.3 Å². The number of aryl methyl sites for hydroxylation is 2. The van der Waals surface area contributed by atoms with Crippen molar-refractivity contribution in [2.75, 3.05) is 13.7 Å². The Balaban J connectivity index is 1.25. The molecule has 3 aromatic rings. The number of aromatic amines is 2. The molecule has 3 aromatic heterocycles. The van der Waals surface area contributed by atoms with Crippen molar-refractivity contribution in [1.82, 2.24) is 19.9 Å². The number of carbonyl (C=O) groups excluding carboxylic acids is 2. The first-order valence-electron chi connectivity index (χ1n) is 24.7. The van der Waals surface area contributed by atoms with E-state index in [0.29, 0.717) is 34.3 Å². The Morgan fingerprint density at radius 2 is 1.40 bits per heavy atom. The van der Waals surface area contributed by atoms with E-state index in [0.717, 1.165) is 81.1 Å². The number of aliphatic hydroxyl groups excluding tert-OH is 2. The fourth-order valence-electron chi connectivity index (χ4n) is 10.8. The predicted octanol–water partition coefficient (Wildman–Crippen LogP) is 12.4. The third kappa shape index (κ3) is 11.1. The molecule has 10 heteroatoms. The van der Waals surface area contributed by atoms with Gasteiger partial charge in [-0.1, -0.05) is 99.0 Å². The molecule has 0 aromatic carbocycles. The van der Waals surface area contributed by atoms with Gasteiger partial charge in [0.15, 0.2) is 0 Å². The van der Waals surface area contributed by atoms with Crippen LogP contribution in [0.1, 0.15) is 208 Å². The highest BCUT2D eigenvalue weighted by Gasteiger charge is 2.42. The molecule has 10 nitrogen and oxygen atoms in total. The smallest absolute Gasteiger partial charge is 0.321 e. The van der Waals surface area contributed by atoms with E-state index < -0.39 is 11.9 Å². The molecule has 6 rings (SSSR count). The predicted molar refractivity (Wildman–Crippen MR) is 264 cm³/mol. The zero-order valence-corrected chi connectivity index (χ0v) is 41.5. The fourth-order valence-corrected chi connectivity index (χ4v) is 10.8. The van der Waals surface area contributed by atoms with Gasteiger partial charge in [0, 0.05) is 74.2 Å². The van der Waals surface area contributed by atoms with Crippen molar-refractivity contribution in [3.63, 3.8) is 0 Å². The van der Waals surface area contributed by atoms with Crippen molar-refractivity contribution in [2.24, 2.45) is 17.8 Å². The lowest BCUT2D eigenvalue weighted by Crippen LogP contribution is -2.18. The van der Waals surface area contributed by atoms with Gasteiger partial charge in [0.2, 0.25) is 0 Å². The fraction of sp³-hybridized carbons (Fsp3) is 0.600. The van der Waals surface area contributed by atoms with E-state index in [1.165, 1.54) is 57.6 Å². The summed E-state index contributed by atoms with van der Waals surface area (Å²) >= 11 is 0. The Morgan fingerprint density at radius 3 is 2.05 bits per heavy atom. The second-order valence-electron chi connectivity index (χ2n) is 20.4. The Kier molecular flexibility index (Phi) is 16.5. The second kappa shape index (κ2) is 21.6. The molecule has 7 atom stereocenters. The molecule has 4 N–H and O–H groups in total. The SMILES string of the molecule is CCC1c2cc3[nH]c4c(c5nc(cc6[nH]c(cc(n2)C1C)/c(=C(/C)O)c6C)C(C)C5CCC(=O)OC/C=C(/C)CCCC(C)CCCC(C)CCCC(C)C)C(C(=O)OC)C(O)=c4c3C. The van der Waals surface area contributed by atoms with Crippen LogP contribution in [-0.2, 0) is 19.1 Å². The van der Waals surface area contributed by atoms with Crippen molar-refractivity contribution >= 4 is 45.5 Å². The second-order valence-corrected chi connectivity index (χ2v) is 20.4. The Hall–Kier alpha value is -4.86. The molecule has 65 heavy (non-hydrogen) atoms. The third-order valence-electron chi connectivity index (χ3n) is 14.9. The standard InChI is InChI=1S/C55H78N4O6/c1-13-39-34(7)41-29-46-48(38(11)60)36(9)43(57-46)27-42-35(8)40(52(58-42)50-51(55(63)64-12)54(62)49-37(10)44(59-53(49)50)28-45(39)56-41)23-24-47(61)65-26-25-33(6)22-16-21-32(5)20-15-19-31(4)18-14-17-30(2)3/h25,27-32,34-35,39-40,51,57,59-60,62H,13-24,26H2,1-12H3/b33-25-,42-27?,45-28?,46-29?,48-38-. The van der Waals surface area contributed by atoms with Gasteiger partial charge in [-0.3, -0.25) is 19.6 Å². The van der Waals surface area contributed by atoms with E-state index >= 15 is 0 Å². The zero-order valence-electron chi connectivity index (χ0n) is 41.5. The molecule has 5 heterocycles. The van der Waals surface area contributed by atoms with Crippen LogP contribution in [0.3, 0.4) is 0 Å². The molecule has 0 spiro atoms. The minimum absolute atomic E-state index is 0.0748. The maximum absolute atomic E-state index is 13.7. The summed E-state index contributed by atoms with van der Waals surface area (Å²) in [5, 5.41) is 24.2. The number of methoxy groups -OCH3 is 1. The number of nitrogens with one attached hydrogen (secondary N) is 2. The highest BCUT2D eigenvalue weighted by atomic mass is 16.5. The number of aromatic nitrogens is 4. The van der Waals surface area contributed by atoms with Gasteiger partial charge in [0.05, 0.1) is 29.6 Å². The molecule has 0 radical (unpaired) electrons. The van der Waals surface area contributed by atoms with E-state index in [1.54, 1.807) is 6.92 Å². The van der Waals surface area contributed by atoms with Crippen LogP contribution in [0.15, 0.2) is 29.8 Å². The Morgan fingerprint density at radius 1 is 0.800 bits per heavy atom. The first-order chi connectivity index (χ1) is 30.9. The van der Waals surface area contributed by atoms with Crippen LogP contribution in [0.25, 0.3) is 33.6 Å². The molecule has 0 amide bonds. The number of hydrogen-bond donors (Lipinski definition) is 4. The number of fused-ring (bicyclic) bond motifs is 8. The maximum atomic E-state index is 13.7. The summed E-state index contributed by atoms with van der Waals surface area (Å²) in [6.07, 6.45) is 14.8. The minimum atomic E-state index is -1.09. The number of rotatable bonds is 19. The van der Waals surface area contributed by atoms with Crippen LogP contribution in [-0.4, -0.2) is 55.8 Å². The number of allylic oxidation sites excluding steroid dienone is 1. The third-order valence-corrected chi connectivity index (χ3v) is 14.9. The van der Waals surface area contributed by atoms with Crippen LogP contribution in [0.5, 0.6) is 0 Å². The molecule has 0 saturated carbocycles. The topological polar surface area (TPSA) is 150 Å². The van der Waals surface area contributed by atoms with Crippen LogP contribution in [0.4, 0.5) is 0 Å². The summed E-state index contributed by atoms with van der Waals surface area (Å²) in [4.78, 5) is 44.8. The van der Waals surface area contributed by atoms with Gasteiger partial charge in [0.25, 0.3) is 0 Å². The summed E-state index contributed by atoms with van der Waals surface area (Å²) < 4.78 is 11.1. The number of ether oxygens (including phenoxy) is 2.